The monoisotopic (exact) mass is 233 g/mol. The number of alkyl carbamates (subject to hydrolysis) is 1. The van der Waals surface area contributed by atoms with Gasteiger partial charge in [-0.1, -0.05) is 0 Å². The zero-order valence-electron chi connectivity index (χ0n) is 9.95. The third-order valence-corrected chi connectivity index (χ3v) is 2.07. The summed E-state index contributed by atoms with van der Waals surface area (Å²) in [6, 6.07) is 0. The second-order valence-corrected chi connectivity index (χ2v) is 3.18. The summed E-state index contributed by atoms with van der Waals surface area (Å²) >= 11 is 0. The number of esters is 1. The summed E-state index contributed by atoms with van der Waals surface area (Å²) in [5, 5.41) is 2.52. The molecule has 0 fully saturated rings. The molecule has 0 aromatic heterocycles. The molecule has 0 spiro atoms. The van der Waals surface area contributed by atoms with E-state index in [9.17, 15) is 9.59 Å². The summed E-state index contributed by atoms with van der Waals surface area (Å²) in [5.74, 6) is -0.227. The molecule has 1 N–H and O–H groups in total. The van der Waals surface area contributed by atoms with E-state index in [0.29, 0.717) is 19.3 Å². The molecule has 1 amide bonds. The van der Waals surface area contributed by atoms with Gasteiger partial charge in [-0.05, 0) is 19.3 Å². The maximum atomic E-state index is 10.9. The summed E-state index contributed by atoms with van der Waals surface area (Å²) < 4.78 is 14.0. The van der Waals surface area contributed by atoms with Crippen LogP contribution in [0, 0.1) is 0 Å². The average molecular weight is 233 g/mol. The molecule has 6 nitrogen and oxygen atoms in total. The van der Waals surface area contributed by atoms with E-state index >= 15 is 0 Å². The molecule has 0 rings (SSSR count). The number of nitrogens with one attached hydrogen (secondary N) is 1. The first-order chi connectivity index (χ1) is 7.63. The van der Waals surface area contributed by atoms with Crippen molar-refractivity contribution in [2.45, 2.75) is 31.9 Å². The van der Waals surface area contributed by atoms with Gasteiger partial charge < -0.3 is 14.2 Å². The van der Waals surface area contributed by atoms with Crippen molar-refractivity contribution >= 4 is 12.1 Å². The van der Waals surface area contributed by atoms with Gasteiger partial charge in [0.15, 0.2) is 0 Å². The molecule has 0 aliphatic heterocycles. The van der Waals surface area contributed by atoms with E-state index in [2.05, 4.69) is 14.8 Å². The van der Waals surface area contributed by atoms with Crippen LogP contribution in [0.2, 0.25) is 0 Å². The molecule has 0 heterocycles. The van der Waals surface area contributed by atoms with Crippen molar-refractivity contribution in [3.63, 3.8) is 0 Å². The number of hydrogen-bond acceptors (Lipinski definition) is 5. The molecule has 0 aromatic carbocycles. The molecule has 0 aromatic rings. The molecule has 0 bridgehead atoms. The Kier molecular flexibility index (Phi) is 8.24. The molecule has 0 aliphatic carbocycles. The fraction of sp³-hybridized carbons (Fsp3) is 0.800. The summed E-state index contributed by atoms with van der Waals surface area (Å²) in [7, 11) is 4.15. The van der Waals surface area contributed by atoms with Crippen LogP contribution in [-0.2, 0) is 19.0 Å². The van der Waals surface area contributed by atoms with Crippen LogP contribution in [0.3, 0.4) is 0 Å². The normalized spacial score (nSPS) is 11.7. The predicted molar refractivity (Wildman–Crippen MR) is 56.8 cm³/mol. The first kappa shape index (κ1) is 14.7. The van der Waals surface area contributed by atoms with Gasteiger partial charge in [-0.3, -0.25) is 10.1 Å². The Balaban J connectivity index is 3.63. The number of ether oxygens (including phenoxy) is 3. The van der Waals surface area contributed by atoms with E-state index in [1.807, 2.05) is 0 Å². The second kappa shape index (κ2) is 8.96. The molecule has 0 aliphatic rings. The lowest BCUT2D eigenvalue weighted by atomic mass is 10.2. The number of unbranched alkanes of at least 4 members (excludes halogenated alkanes) is 1. The van der Waals surface area contributed by atoms with Gasteiger partial charge in [-0.2, -0.15) is 0 Å². The smallest absolute Gasteiger partial charge is 0.408 e. The van der Waals surface area contributed by atoms with E-state index in [0.717, 1.165) is 6.42 Å². The van der Waals surface area contributed by atoms with Gasteiger partial charge in [0.2, 0.25) is 0 Å². The molecule has 94 valence electrons. The molecule has 0 radical (unpaired) electrons. The number of methoxy groups -OCH3 is 3. The highest BCUT2D eigenvalue weighted by atomic mass is 16.6. The Bertz CT molecular complexity index is 219. The van der Waals surface area contributed by atoms with Gasteiger partial charge in [-0.25, -0.2) is 4.79 Å². The topological polar surface area (TPSA) is 73.9 Å². The minimum absolute atomic E-state index is 0.227. The lowest BCUT2D eigenvalue weighted by molar-refractivity contribution is -0.140. The summed E-state index contributed by atoms with van der Waals surface area (Å²) in [6.07, 6.45) is 1.56. The van der Waals surface area contributed by atoms with Gasteiger partial charge in [-0.15, -0.1) is 0 Å². The van der Waals surface area contributed by atoms with Crippen molar-refractivity contribution in [3.05, 3.63) is 0 Å². The minimum Gasteiger partial charge on any atom is -0.469 e. The van der Waals surface area contributed by atoms with Crippen molar-refractivity contribution < 1.29 is 23.8 Å². The highest BCUT2D eigenvalue weighted by Gasteiger charge is 2.11. The fourth-order valence-electron chi connectivity index (χ4n) is 1.14. The first-order valence-corrected chi connectivity index (χ1v) is 5.08. The van der Waals surface area contributed by atoms with Crippen molar-refractivity contribution in [2.24, 2.45) is 0 Å². The number of carbonyl (C=O) groups excluding carboxylic acids is 2. The van der Waals surface area contributed by atoms with E-state index in [1.54, 1.807) is 0 Å². The standard InChI is InChI=1S/C10H19NO5/c1-14-8(11-10(13)16-3)6-4-5-7-9(12)15-2/h8H,4-7H2,1-3H3,(H,11,13). The van der Waals surface area contributed by atoms with Crippen molar-refractivity contribution in [3.8, 4) is 0 Å². The number of rotatable bonds is 7. The molecule has 0 saturated heterocycles. The van der Waals surface area contributed by atoms with E-state index < -0.39 is 6.09 Å². The van der Waals surface area contributed by atoms with E-state index in [-0.39, 0.29) is 12.2 Å². The predicted octanol–water partition coefficient (Wildman–Crippen LogP) is 1.05. The molecule has 1 unspecified atom stereocenters. The van der Waals surface area contributed by atoms with Crippen LogP contribution in [0.5, 0.6) is 0 Å². The number of hydrogen-bond donors (Lipinski definition) is 1. The van der Waals surface area contributed by atoms with Crippen molar-refractivity contribution in [1.82, 2.24) is 5.32 Å². The van der Waals surface area contributed by atoms with Gasteiger partial charge >= 0.3 is 12.1 Å². The van der Waals surface area contributed by atoms with Crippen LogP contribution in [0.25, 0.3) is 0 Å². The second-order valence-electron chi connectivity index (χ2n) is 3.18. The molecular formula is C10H19NO5. The molecular weight excluding hydrogens is 214 g/mol. The van der Waals surface area contributed by atoms with Gasteiger partial charge in [0.25, 0.3) is 0 Å². The number of carbonyl (C=O) groups is 2. The quantitative estimate of drug-likeness (QED) is 0.404. The Morgan fingerprint density at radius 1 is 1.12 bits per heavy atom. The third-order valence-electron chi connectivity index (χ3n) is 2.07. The van der Waals surface area contributed by atoms with Crippen LogP contribution >= 0.6 is 0 Å². The zero-order valence-corrected chi connectivity index (χ0v) is 9.95. The largest absolute Gasteiger partial charge is 0.469 e. The van der Waals surface area contributed by atoms with Crippen LogP contribution in [-0.4, -0.2) is 39.6 Å². The summed E-state index contributed by atoms with van der Waals surface area (Å²) in [5.41, 5.74) is 0. The lowest BCUT2D eigenvalue weighted by Crippen LogP contribution is -2.36. The average Bonchev–Trinajstić information content (AvgIpc) is 2.32. The molecule has 16 heavy (non-hydrogen) atoms. The number of amides is 1. The van der Waals surface area contributed by atoms with Gasteiger partial charge in [0.05, 0.1) is 14.2 Å². The molecule has 1 atom stereocenters. The Morgan fingerprint density at radius 2 is 1.81 bits per heavy atom. The summed E-state index contributed by atoms with van der Waals surface area (Å²) in [4.78, 5) is 21.7. The SMILES string of the molecule is COC(=O)CCCCC(NC(=O)OC)OC. The Hall–Kier alpha value is -1.30. The third kappa shape index (κ3) is 7.05. The van der Waals surface area contributed by atoms with E-state index in [4.69, 9.17) is 4.74 Å². The highest BCUT2D eigenvalue weighted by Crippen LogP contribution is 2.05. The maximum Gasteiger partial charge on any atom is 0.408 e. The van der Waals surface area contributed by atoms with Gasteiger partial charge in [0, 0.05) is 13.5 Å². The van der Waals surface area contributed by atoms with Crippen LogP contribution in [0.4, 0.5) is 4.79 Å². The maximum absolute atomic E-state index is 10.9. The summed E-state index contributed by atoms with van der Waals surface area (Å²) in [6.45, 7) is 0. The van der Waals surface area contributed by atoms with Crippen molar-refractivity contribution in [1.29, 1.82) is 0 Å². The van der Waals surface area contributed by atoms with Crippen LogP contribution < -0.4 is 5.32 Å². The Labute approximate surface area is 95.2 Å². The van der Waals surface area contributed by atoms with Crippen LogP contribution in [0.15, 0.2) is 0 Å². The molecule has 0 saturated carbocycles. The zero-order chi connectivity index (χ0) is 12.4. The Morgan fingerprint density at radius 3 is 2.31 bits per heavy atom. The lowest BCUT2D eigenvalue weighted by Gasteiger charge is -2.15. The first-order valence-electron chi connectivity index (χ1n) is 5.08. The minimum atomic E-state index is -0.528. The van der Waals surface area contributed by atoms with Crippen molar-refractivity contribution in [2.75, 3.05) is 21.3 Å². The molecule has 6 heteroatoms. The van der Waals surface area contributed by atoms with Gasteiger partial charge in [0.1, 0.15) is 6.23 Å². The van der Waals surface area contributed by atoms with E-state index in [1.165, 1.54) is 21.3 Å². The highest BCUT2D eigenvalue weighted by molar-refractivity contribution is 5.69. The fourth-order valence-corrected chi connectivity index (χ4v) is 1.14. The van der Waals surface area contributed by atoms with Crippen LogP contribution in [0.1, 0.15) is 25.7 Å².